The number of benzene rings is 4. The average Bonchev–Trinajstić information content (AvgIpc) is 3.30. The normalized spacial score (nSPS) is 11.0. The lowest BCUT2D eigenvalue weighted by atomic mass is 10.1. The first kappa shape index (κ1) is 23.9. The minimum absolute atomic E-state index is 0. The van der Waals surface area contributed by atoms with Crippen LogP contribution >= 0.6 is 9.90 Å². The zero-order valence-electron chi connectivity index (χ0n) is 16.2. The highest BCUT2D eigenvalue weighted by atomic mass is 31.0. The summed E-state index contributed by atoms with van der Waals surface area (Å²) in [6.07, 6.45) is 1.49. The van der Waals surface area contributed by atoms with Crippen LogP contribution < -0.4 is 6.15 Å². The van der Waals surface area contributed by atoms with Crippen molar-refractivity contribution in [1.29, 1.82) is 0 Å². The zero-order chi connectivity index (χ0) is 18.9. The molecule has 1 atom stereocenters. The molecule has 0 saturated heterocycles. The van der Waals surface area contributed by atoms with E-state index < -0.39 is 0 Å². The molecule has 0 bridgehead atoms. The Morgan fingerprint density at radius 3 is 1.45 bits per heavy atom. The Labute approximate surface area is 173 Å². The van der Waals surface area contributed by atoms with Crippen molar-refractivity contribution in [3.8, 4) is 11.5 Å². The topological polar surface area (TPSA) is 97.1 Å². The SMILES string of the molecule is C1=NCCO1.N.Oc1cccc2ccccc12.Oc1cccc2ccccc12.P. The van der Waals surface area contributed by atoms with Crippen LogP contribution in [0.3, 0.4) is 0 Å². The van der Waals surface area contributed by atoms with Gasteiger partial charge in [-0.1, -0.05) is 72.8 Å². The first-order valence-electron chi connectivity index (χ1n) is 8.69. The second-order valence-electron chi connectivity index (χ2n) is 5.88. The maximum atomic E-state index is 9.37. The van der Waals surface area contributed by atoms with Crippen molar-refractivity contribution >= 4 is 37.8 Å². The van der Waals surface area contributed by atoms with E-state index in [4.69, 9.17) is 0 Å². The van der Waals surface area contributed by atoms with Gasteiger partial charge in [-0.05, 0) is 22.9 Å². The first-order valence-corrected chi connectivity index (χ1v) is 8.69. The van der Waals surface area contributed by atoms with Gasteiger partial charge in [-0.3, -0.25) is 4.99 Å². The fraction of sp³-hybridized carbons (Fsp3) is 0.0870. The summed E-state index contributed by atoms with van der Waals surface area (Å²) in [5.74, 6) is 0.700. The van der Waals surface area contributed by atoms with Crippen LogP contribution in [0.2, 0.25) is 0 Å². The van der Waals surface area contributed by atoms with E-state index in [0.29, 0.717) is 11.5 Å². The summed E-state index contributed by atoms with van der Waals surface area (Å²) >= 11 is 0. The predicted octanol–water partition coefficient (Wildman–Crippen LogP) is 5.36. The van der Waals surface area contributed by atoms with Crippen molar-refractivity contribution in [2.45, 2.75) is 0 Å². The Morgan fingerprint density at radius 2 is 1.10 bits per heavy atom. The maximum absolute atomic E-state index is 9.37. The molecule has 1 heterocycles. The molecule has 1 unspecified atom stereocenters. The average molecular weight is 410 g/mol. The monoisotopic (exact) mass is 410 g/mol. The van der Waals surface area contributed by atoms with E-state index in [1.807, 2.05) is 72.8 Å². The summed E-state index contributed by atoms with van der Waals surface area (Å²) in [5, 5.41) is 22.7. The van der Waals surface area contributed by atoms with E-state index >= 15 is 0 Å². The molecule has 5 N–H and O–H groups in total. The molecule has 4 aromatic carbocycles. The molecule has 0 fully saturated rings. The number of aliphatic imine (C=N–C) groups is 1. The summed E-state index contributed by atoms with van der Waals surface area (Å²) < 4.78 is 4.65. The lowest BCUT2D eigenvalue weighted by Crippen LogP contribution is -1.80. The van der Waals surface area contributed by atoms with Gasteiger partial charge in [-0.15, -0.1) is 0 Å². The van der Waals surface area contributed by atoms with Crippen molar-refractivity contribution in [2.24, 2.45) is 4.99 Å². The third-order valence-corrected chi connectivity index (χ3v) is 4.02. The van der Waals surface area contributed by atoms with Crippen LogP contribution in [0.4, 0.5) is 0 Å². The van der Waals surface area contributed by atoms with E-state index in [1.165, 1.54) is 6.40 Å². The van der Waals surface area contributed by atoms with Gasteiger partial charge in [-0.2, -0.15) is 9.90 Å². The lowest BCUT2D eigenvalue weighted by molar-refractivity contribution is 0.361. The fourth-order valence-electron chi connectivity index (χ4n) is 2.68. The van der Waals surface area contributed by atoms with Crippen LogP contribution in [0.25, 0.3) is 21.5 Å². The van der Waals surface area contributed by atoms with Crippen LogP contribution in [0.15, 0.2) is 89.9 Å². The third kappa shape index (κ3) is 6.75. The van der Waals surface area contributed by atoms with Gasteiger partial charge in [0.25, 0.3) is 0 Å². The molecular formula is C23H27N2O3P. The largest absolute Gasteiger partial charge is 0.507 e. The maximum Gasteiger partial charge on any atom is 0.169 e. The molecule has 5 nitrogen and oxygen atoms in total. The summed E-state index contributed by atoms with van der Waals surface area (Å²) in [4.78, 5) is 3.74. The van der Waals surface area contributed by atoms with Crippen molar-refractivity contribution < 1.29 is 14.9 Å². The van der Waals surface area contributed by atoms with Gasteiger partial charge in [0.15, 0.2) is 6.40 Å². The molecule has 5 rings (SSSR count). The highest BCUT2D eigenvalue weighted by Crippen LogP contribution is 2.23. The van der Waals surface area contributed by atoms with Gasteiger partial charge >= 0.3 is 0 Å². The van der Waals surface area contributed by atoms with Crippen LogP contribution in [-0.2, 0) is 4.74 Å². The molecule has 1 aliphatic heterocycles. The van der Waals surface area contributed by atoms with Gasteiger partial charge in [-0.25, -0.2) is 0 Å². The number of aromatic hydroxyl groups is 2. The second-order valence-corrected chi connectivity index (χ2v) is 5.88. The molecule has 1 aliphatic rings. The smallest absolute Gasteiger partial charge is 0.169 e. The number of hydrogen-bond donors (Lipinski definition) is 3. The highest BCUT2D eigenvalue weighted by Gasteiger charge is 1.95. The third-order valence-electron chi connectivity index (χ3n) is 4.02. The number of ether oxygens (including phenoxy) is 1. The van der Waals surface area contributed by atoms with E-state index in [2.05, 4.69) is 9.73 Å². The van der Waals surface area contributed by atoms with Gasteiger partial charge in [0, 0.05) is 10.8 Å². The molecular weight excluding hydrogens is 383 g/mol. The molecule has 6 heteroatoms. The fourth-order valence-corrected chi connectivity index (χ4v) is 2.68. The van der Waals surface area contributed by atoms with Crippen molar-refractivity contribution in [3.63, 3.8) is 0 Å². The molecule has 0 aromatic heterocycles. The van der Waals surface area contributed by atoms with Crippen LogP contribution in [0.1, 0.15) is 0 Å². The summed E-state index contributed by atoms with van der Waals surface area (Å²) in [5.41, 5.74) is 0. The Bertz CT molecular complexity index is 960. The summed E-state index contributed by atoms with van der Waals surface area (Å²) in [6, 6.07) is 26.6. The lowest BCUT2D eigenvalue weighted by Gasteiger charge is -1.97. The second kappa shape index (κ2) is 12.3. The van der Waals surface area contributed by atoms with Crippen LogP contribution in [-0.4, -0.2) is 29.8 Å². The van der Waals surface area contributed by atoms with Crippen LogP contribution in [0, 0.1) is 0 Å². The number of phenols is 2. The molecule has 0 aliphatic carbocycles. The minimum Gasteiger partial charge on any atom is -0.507 e. The zero-order valence-corrected chi connectivity index (χ0v) is 17.7. The molecule has 0 radical (unpaired) electrons. The van der Waals surface area contributed by atoms with Gasteiger partial charge < -0.3 is 21.1 Å². The molecule has 152 valence electrons. The van der Waals surface area contributed by atoms with E-state index in [-0.39, 0.29) is 16.0 Å². The Kier molecular flexibility index (Phi) is 10.2. The number of rotatable bonds is 0. The van der Waals surface area contributed by atoms with Crippen LogP contribution in [0.5, 0.6) is 11.5 Å². The number of phenolic OH excluding ortho intramolecular Hbond substituents is 2. The molecule has 4 aromatic rings. The van der Waals surface area contributed by atoms with E-state index in [1.54, 1.807) is 12.1 Å². The standard InChI is InChI=1S/2C10H8O.C3H5NO.H3N.H3P/c2*11-10-7-3-5-8-4-1-2-6-9(8)10;1-2-5-3-4-1;;/h2*1-7,11H;3H,1-2H2;2*1H3. The summed E-state index contributed by atoms with van der Waals surface area (Å²) in [6.45, 7) is 1.62. The quantitative estimate of drug-likeness (QED) is 0.340. The summed E-state index contributed by atoms with van der Waals surface area (Å²) in [7, 11) is 0. The van der Waals surface area contributed by atoms with Crippen molar-refractivity contribution in [2.75, 3.05) is 13.2 Å². The minimum atomic E-state index is 0. The molecule has 29 heavy (non-hydrogen) atoms. The van der Waals surface area contributed by atoms with Gasteiger partial charge in [0.1, 0.15) is 18.1 Å². The van der Waals surface area contributed by atoms with Gasteiger partial charge in [0.2, 0.25) is 0 Å². The highest BCUT2D eigenvalue weighted by molar-refractivity contribution is 6.92. The number of nitrogens with zero attached hydrogens (tertiary/aromatic N) is 1. The predicted molar refractivity (Wildman–Crippen MR) is 127 cm³/mol. The van der Waals surface area contributed by atoms with Gasteiger partial charge in [0.05, 0.1) is 6.54 Å². The first-order chi connectivity index (χ1) is 13.3. The molecule has 0 amide bonds. The van der Waals surface area contributed by atoms with Crippen molar-refractivity contribution in [1.82, 2.24) is 6.15 Å². The Morgan fingerprint density at radius 1 is 0.655 bits per heavy atom. The van der Waals surface area contributed by atoms with E-state index in [0.717, 1.165) is 34.7 Å². The Balaban J connectivity index is 0.000000224. The van der Waals surface area contributed by atoms with Crippen molar-refractivity contribution in [3.05, 3.63) is 84.9 Å². The number of fused-ring (bicyclic) bond motifs is 2. The number of hydrogen-bond acceptors (Lipinski definition) is 5. The Hall–Kier alpha value is -3.14. The molecule has 0 saturated carbocycles. The van der Waals surface area contributed by atoms with E-state index in [9.17, 15) is 10.2 Å². The molecule has 0 spiro atoms.